The number of aryl methyl sites for hydroxylation is 1. The van der Waals surface area contributed by atoms with E-state index < -0.39 is 0 Å². The van der Waals surface area contributed by atoms with Gasteiger partial charge in [0.15, 0.2) is 5.65 Å². The Hall–Kier alpha value is -3.74. The summed E-state index contributed by atoms with van der Waals surface area (Å²) in [7, 11) is 0. The fourth-order valence-electron chi connectivity index (χ4n) is 4.15. The van der Waals surface area contributed by atoms with E-state index in [2.05, 4.69) is 34.0 Å². The van der Waals surface area contributed by atoms with E-state index in [1.165, 1.54) is 28.0 Å². The number of halogens is 1. The molecule has 0 aliphatic carbocycles. The number of amides is 1. The van der Waals surface area contributed by atoms with Crippen molar-refractivity contribution < 1.29 is 9.18 Å². The van der Waals surface area contributed by atoms with Gasteiger partial charge in [-0.3, -0.25) is 4.79 Å². The fraction of sp³-hybridized carbons (Fsp3) is 0.208. The van der Waals surface area contributed by atoms with Crippen molar-refractivity contribution in [3.05, 3.63) is 83.9 Å². The third-order valence-corrected chi connectivity index (χ3v) is 5.80. The van der Waals surface area contributed by atoms with Crippen LogP contribution in [0.4, 0.5) is 10.1 Å². The minimum Gasteiger partial charge on any atom is -0.368 e. The Bertz CT molecular complexity index is 1260. The fourth-order valence-corrected chi connectivity index (χ4v) is 4.15. The summed E-state index contributed by atoms with van der Waals surface area (Å²) in [6.07, 6.45) is 3.12. The van der Waals surface area contributed by atoms with E-state index in [1.807, 2.05) is 17.0 Å². The first-order valence-electron chi connectivity index (χ1n) is 10.3. The molecule has 31 heavy (non-hydrogen) atoms. The molecule has 2 aromatic carbocycles. The second-order valence-corrected chi connectivity index (χ2v) is 7.67. The van der Waals surface area contributed by atoms with Crippen LogP contribution < -0.4 is 4.90 Å². The van der Waals surface area contributed by atoms with Crippen molar-refractivity contribution in [3.63, 3.8) is 0 Å². The second-order valence-electron chi connectivity index (χ2n) is 7.67. The van der Waals surface area contributed by atoms with Crippen molar-refractivity contribution in [1.29, 1.82) is 0 Å². The first kappa shape index (κ1) is 19.2. The summed E-state index contributed by atoms with van der Waals surface area (Å²) in [5, 5.41) is 4.36. The van der Waals surface area contributed by atoms with Crippen molar-refractivity contribution in [1.82, 2.24) is 19.5 Å². The Balaban J connectivity index is 1.40. The maximum absolute atomic E-state index is 14.3. The summed E-state index contributed by atoms with van der Waals surface area (Å²) in [6, 6.07) is 16.5. The van der Waals surface area contributed by atoms with Gasteiger partial charge in [-0.1, -0.05) is 30.3 Å². The topological polar surface area (TPSA) is 53.7 Å². The van der Waals surface area contributed by atoms with Crippen molar-refractivity contribution in [2.24, 2.45) is 0 Å². The number of nitrogens with zero attached hydrogens (tertiary/aromatic N) is 5. The molecule has 0 radical (unpaired) electrons. The van der Waals surface area contributed by atoms with Gasteiger partial charge in [0.25, 0.3) is 5.91 Å². The summed E-state index contributed by atoms with van der Waals surface area (Å²) in [6.45, 7) is 4.88. The van der Waals surface area contributed by atoms with Crippen LogP contribution in [-0.4, -0.2) is 51.6 Å². The normalized spacial score (nSPS) is 14.3. The lowest BCUT2D eigenvalue weighted by Gasteiger charge is -2.36. The van der Waals surface area contributed by atoms with Crippen LogP contribution in [-0.2, 0) is 0 Å². The highest BCUT2D eigenvalue weighted by molar-refractivity contribution is 6.00. The number of aromatic nitrogens is 3. The summed E-state index contributed by atoms with van der Waals surface area (Å²) in [5.74, 6) is -0.441. The third kappa shape index (κ3) is 3.42. The van der Waals surface area contributed by atoms with Crippen LogP contribution in [0.1, 0.15) is 15.9 Å². The van der Waals surface area contributed by atoms with Crippen LogP contribution in [0.2, 0.25) is 0 Å². The van der Waals surface area contributed by atoms with Gasteiger partial charge in [0.2, 0.25) is 0 Å². The van der Waals surface area contributed by atoms with Crippen molar-refractivity contribution in [3.8, 4) is 11.3 Å². The van der Waals surface area contributed by atoms with Gasteiger partial charge in [-0.05, 0) is 36.8 Å². The van der Waals surface area contributed by atoms with Crippen molar-refractivity contribution in [2.75, 3.05) is 31.1 Å². The summed E-state index contributed by atoms with van der Waals surface area (Å²) >= 11 is 0. The highest BCUT2D eigenvalue weighted by atomic mass is 19.1. The zero-order chi connectivity index (χ0) is 21.4. The van der Waals surface area contributed by atoms with E-state index in [-0.39, 0.29) is 11.7 Å². The Kier molecular flexibility index (Phi) is 4.86. The minimum atomic E-state index is -0.342. The average Bonchev–Trinajstić information content (AvgIpc) is 3.24. The molecule has 1 saturated heterocycles. The van der Waals surface area contributed by atoms with Gasteiger partial charge in [0, 0.05) is 43.6 Å². The highest BCUT2D eigenvalue weighted by Crippen LogP contribution is 2.25. The number of fused-ring (bicyclic) bond motifs is 1. The van der Waals surface area contributed by atoms with Crippen LogP contribution in [0.5, 0.6) is 0 Å². The van der Waals surface area contributed by atoms with Crippen LogP contribution in [0.25, 0.3) is 16.9 Å². The van der Waals surface area contributed by atoms with Gasteiger partial charge >= 0.3 is 0 Å². The molecular weight excluding hydrogens is 393 g/mol. The Morgan fingerprint density at radius 3 is 2.48 bits per heavy atom. The molecule has 156 valence electrons. The Morgan fingerprint density at radius 2 is 1.71 bits per heavy atom. The molecule has 7 heteroatoms. The zero-order valence-corrected chi connectivity index (χ0v) is 17.2. The predicted molar refractivity (Wildman–Crippen MR) is 118 cm³/mol. The SMILES string of the molecule is Cc1ccccc1N1CCN(C(=O)c2cnn3c(-c4ccccc4F)ccnc23)CC1. The molecule has 4 aromatic rings. The Labute approximate surface area is 179 Å². The number of carbonyl (C=O) groups is 1. The van der Waals surface area contributed by atoms with Crippen LogP contribution in [0, 0.1) is 12.7 Å². The summed E-state index contributed by atoms with van der Waals surface area (Å²) < 4.78 is 15.9. The van der Waals surface area contributed by atoms with Gasteiger partial charge < -0.3 is 9.80 Å². The van der Waals surface area contributed by atoms with Crippen LogP contribution >= 0.6 is 0 Å². The molecule has 2 aromatic heterocycles. The number of carbonyl (C=O) groups excluding carboxylic acids is 1. The van der Waals surface area contributed by atoms with E-state index in [9.17, 15) is 9.18 Å². The molecule has 1 fully saturated rings. The first-order chi connectivity index (χ1) is 15.1. The number of hydrogen-bond donors (Lipinski definition) is 0. The Morgan fingerprint density at radius 1 is 0.968 bits per heavy atom. The molecule has 0 spiro atoms. The van der Waals surface area contributed by atoms with E-state index in [0.29, 0.717) is 35.6 Å². The smallest absolute Gasteiger partial charge is 0.259 e. The van der Waals surface area contributed by atoms with Crippen LogP contribution in [0.15, 0.2) is 67.0 Å². The van der Waals surface area contributed by atoms with Gasteiger partial charge in [0.05, 0.1) is 11.9 Å². The average molecular weight is 415 g/mol. The van der Waals surface area contributed by atoms with Gasteiger partial charge in [0.1, 0.15) is 11.4 Å². The molecule has 5 rings (SSSR count). The highest BCUT2D eigenvalue weighted by Gasteiger charge is 2.26. The maximum Gasteiger partial charge on any atom is 0.259 e. The second kappa shape index (κ2) is 7.83. The molecule has 0 atom stereocenters. The van der Waals surface area contributed by atoms with Gasteiger partial charge in [-0.25, -0.2) is 13.9 Å². The molecule has 0 bridgehead atoms. The molecule has 6 nitrogen and oxygen atoms in total. The lowest BCUT2D eigenvalue weighted by Crippen LogP contribution is -2.49. The number of benzene rings is 2. The number of para-hydroxylation sites is 1. The van der Waals surface area contributed by atoms with Crippen molar-refractivity contribution in [2.45, 2.75) is 6.92 Å². The van der Waals surface area contributed by atoms with E-state index in [1.54, 1.807) is 30.5 Å². The molecule has 1 amide bonds. The summed E-state index contributed by atoms with van der Waals surface area (Å²) in [5.41, 5.74) is 4.29. The predicted octanol–water partition coefficient (Wildman–Crippen LogP) is 3.81. The number of hydrogen-bond acceptors (Lipinski definition) is 4. The number of anilines is 1. The van der Waals surface area contributed by atoms with E-state index >= 15 is 0 Å². The zero-order valence-electron chi connectivity index (χ0n) is 17.2. The first-order valence-corrected chi connectivity index (χ1v) is 10.3. The lowest BCUT2D eigenvalue weighted by atomic mass is 10.1. The third-order valence-electron chi connectivity index (χ3n) is 5.80. The van der Waals surface area contributed by atoms with Gasteiger partial charge in [-0.2, -0.15) is 5.10 Å². The minimum absolute atomic E-state index is 0.0994. The number of piperazine rings is 1. The van der Waals surface area contributed by atoms with Crippen molar-refractivity contribution >= 4 is 17.2 Å². The van der Waals surface area contributed by atoms with E-state index in [4.69, 9.17) is 0 Å². The monoisotopic (exact) mass is 415 g/mol. The number of rotatable bonds is 3. The molecule has 0 saturated carbocycles. The quantitative estimate of drug-likeness (QED) is 0.511. The molecule has 0 unspecified atom stereocenters. The molecule has 1 aliphatic heterocycles. The van der Waals surface area contributed by atoms with E-state index in [0.717, 1.165) is 13.1 Å². The molecule has 0 N–H and O–H groups in total. The van der Waals surface area contributed by atoms with Gasteiger partial charge in [-0.15, -0.1) is 0 Å². The van der Waals surface area contributed by atoms with Crippen LogP contribution in [0.3, 0.4) is 0 Å². The maximum atomic E-state index is 14.3. The standard InChI is InChI=1S/C24H22FN5O/c1-17-6-2-5-9-21(17)28-12-14-29(15-13-28)24(31)19-16-27-30-22(10-11-26-23(19)30)18-7-3-4-8-20(18)25/h2-11,16H,12-15H2,1H3. The molecule has 3 heterocycles. The largest absolute Gasteiger partial charge is 0.368 e. The molecule has 1 aliphatic rings. The molecular formula is C24H22FN5O. The lowest BCUT2D eigenvalue weighted by molar-refractivity contribution is 0.0748. The summed E-state index contributed by atoms with van der Waals surface area (Å²) in [4.78, 5) is 21.8.